The molecule has 50 heavy (non-hydrogen) atoms. The number of aliphatic carboxylic acids is 1. The lowest BCUT2D eigenvalue weighted by Crippen LogP contribution is -2.18. The lowest BCUT2D eigenvalue weighted by Gasteiger charge is -2.18. The van der Waals surface area contributed by atoms with E-state index in [4.69, 9.17) is 9.84 Å². The van der Waals surface area contributed by atoms with Crippen molar-refractivity contribution in [2.75, 3.05) is 0 Å². The van der Waals surface area contributed by atoms with Crippen LogP contribution in [-0.4, -0.2) is 23.1 Å². The van der Waals surface area contributed by atoms with Gasteiger partial charge in [-0.05, 0) is 89.9 Å². The van der Waals surface area contributed by atoms with Crippen LogP contribution in [0.3, 0.4) is 0 Å². The molecule has 4 nitrogen and oxygen atoms in total. The van der Waals surface area contributed by atoms with Crippen LogP contribution in [-0.2, 0) is 14.3 Å². The van der Waals surface area contributed by atoms with Crippen molar-refractivity contribution in [3.05, 3.63) is 36.5 Å². The number of carboxylic acids is 1. The Kier molecular flexibility index (Phi) is 40.0. The van der Waals surface area contributed by atoms with E-state index in [1.165, 1.54) is 135 Å². The molecule has 1 unspecified atom stereocenters. The molecule has 4 heteroatoms. The number of carboxylic acid groups (broad SMARTS) is 1. The monoisotopic (exact) mass is 701 g/mol. The number of carbonyl (C=O) groups excluding carboxylic acids is 1. The summed E-state index contributed by atoms with van der Waals surface area (Å²) in [5.41, 5.74) is 0. The number of esters is 1. The summed E-state index contributed by atoms with van der Waals surface area (Å²) < 4.78 is 5.99. The smallest absolute Gasteiger partial charge is 0.306 e. The zero-order chi connectivity index (χ0) is 36.4. The number of hydrogen-bond acceptors (Lipinski definition) is 3. The maximum atomic E-state index is 12.7. The first-order valence-corrected chi connectivity index (χ1v) is 22.0. The Bertz CT molecular complexity index is 798. The molecule has 0 fully saturated rings. The van der Waals surface area contributed by atoms with E-state index in [9.17, 15) is 9.59 Å². The van der Waals surface area contributed by atoms with Gasteiger partial charge in [-0.15, -0.1) is 0 Å². The maximum absolute atomic E-state index is 12.7. The van der Waals surface area contributed by atoms with Gasteiger partial charge in [0.15, 0.2) is 0 Å². The first-order chi connectivity index (χ1) is 24.6. The number of allylic oxidation sites excluding steroid dienone is 6. The van der Waals surface area contributed by atoms with Gasteiger partial charge < -0.3 is 9.84 Å². The summed E-state index contributed by atoms with van der Waals surface area (Å²) in [4.78, 5) is 23.4. The summed E-state index contributed by atoms with van der Waals surface area (Å²) in [6, 6.07) is 0. The SMILES string of the molecule is CCCCC/C=C\C/C=C\CCCC(CCCCCCCC(=O)O)OC(=O)CCCCCCCCCCC/C=C\CCCCCCCCCC. The second kappa shape index (κ2) is 41.6. The molecular formula is C46H84O4. The molecule has 0 saturated heterocycles. The fourth-order valence-electron chi connectivity index (χ4n) is 6.57. The predicted molar refractivity (Wildman–Crippen MR) is 218 cm³/mol. The zero-order valence-corrected chi connectivity index (χ0v) is 33.5. The summed E-state index contributed by atoms with van der Waals surface area (Å²) in [7, 11) is 0. The van der Waals surface area contributed by atoms with Crippen LogP contribution in [0.15, 0.2) is 36.5 Å². The number of unbranched alkanes of at least 4 members (excludes halogenated alkanes) is 25. The van der Waals surface area contributed by atoms with Crippen LogP contribution >= 0.6 is 0 Å². The van der Waals surface area contributed by atoms with E-state index < -0.39 is 5.97 Å². The van der Waals surface area contributed by atoms with E-state index in [-0.39, 0.29) is 18.5 Å². The van der Waals surface area contributed by atoms with Crippen LogP contribution in [0.25, 0.3) is 0 Å². The van der Waals surface area contributed by atoms with Gasteiger partial charge in [0.2, 0.25) is 0 Å². The second-order valence-electron chi connectivity index (χ2n) is 14.9. The van der Waals surface area contributed by atoms with Gasteiger partial charge in [0, 0.05) is 12.8 Å². The van der Waals surface area contributed by atoms with Gasteiger partial charge >= 0.3 is 11.9 Å². The highest BCUT2D eigenvalue weighted by molar-refractivity contribution is 5.69. The molecule has 0 amide bonds. The molecular weight excluding hydrogens is 617 g/mol. The Labute approximate surface area is 311 Å². The second-order valence-corrected chi connectivity index (χ2v) is 14.9. The number of ether oxygens (including phenoxy) is 1. The van der Waals surface area contributed by atoms with Crippen LogP contribution in [0.2, 0.25) is 0 Å². The van der Waals surface area contributed by atoms with Gasteiger partial charge in [0.25, 0.3) is 0 Å². The third kappa shape index (κ3) is 40.6. The van der Waals surface area contributed by atoms with Crippen molar-refractivity contribution in [3.8, 4) is 0 Å². The van der Waals surface area contributed by atoms with Crippen LogP contribution in [0, 0.1) is 0 Å². The normalized spacial score (nSPS) is 12.5. The van der Waals surface area contributed by atoms with Gasteiger partial charge in [-0.25, -0.2) is 0 Å². The molecule has 0 rings (SSSR count). The highest BCUT2D eigenvalue weighted by Crippen LogP contribution is 2.18. The van der Waals surface area contributed by atoms with Crippen molar-refractivity contribution >= 4 is 11.9 Å². The van der Waals surface area contributed by atoms with Crippen LogP contribution in [0.5, 0.6) is 0 Å². The van der Waals surface area contributed by atoms with Crippen molar-refractivity contribution in [2.24, 2.45) is 0 Å². The van der Waals surface area contributed by atoms with E-state index >= 15 is 0 Å². The molecule has 292 valence electrons. The van der Waals surface area contributed by atoms with Crippen molar-refractivity contribution in [1.29, 1.82) is 0 Å². The summed E-state index contributed by atoms with van der Waals surface area (Å²) in [5, 5.41) is 8.83. The Hall–Kier alpha value is -1.84. The maximum Gasteiger partial charge on any atom is 0.306 e. The first kappa shape index (κ1) is 48.2. The molecule has 0 aliphatic heterocycles. The molecule has 0 saturated carbocycles. The first-order valence-electron chi connectivity index (χ1n) is 22.0. The quantitative estimate of drug-likeness (QED) is 0.0393. The molecule has 0 radical (unpaired) electrons. The molecule has 0 spiro atoms. The van der Waals surface area contributed by atoms with E-state index in [1.807, 2.05) is 0 Å². The van der Waals surface area contributed by atoms with Gasteiger partial charge in [-0.1, -0.05) is 172 Å². The third-order valence-corrected chi connectivity index (χ3v) is 9.83. The fraction of sp³-hybridized carbons (Fsp3) is 0.826. The lowest BCUT2D eigenvalue weighted by molar-refractivity contribution is -0.150. The minimum atomic E-state index is -0.706. The van der Waals surface area contributed by atoms with E-state index in [1.54, 1.807) is 0 Å². The number of rotatable bonds is 40. The fourth-order valence-corrected chi connectivity index (χ4v) is 6.57. The molecule has 0 aliphatic rings. The minimum Gasteiger partial charge on any atom is -0.481 e. The van der Waals surface area contributed by atoms with Crippen molar-refractivity contribution in [3.63, 3.8) is 0 Å². The van der Waals surface area contributed by atoms with Gasteiger partial charge in [0.05, 0.1) is 0 Å². The topological polar surface area (TPSA) is 63.6 Å². The number of carbonyl (C=O) groups is 2. The summed E-state index contributed by atoms with van der Waals surface area (Å²) >= 11 is 0. The minimum absolute atomic E-state index is 0.0128. The molecule has 0 bridgehead atoms. The van der Waals surface area contributed by atoms with E-state index in [0.29, 0.717) is 6.42 Å². The molecule has 0 aromatic rings. The third-order valence-electron chi connectivity index (χ3n) is 9.83. The molecule has 0 aliphatic carbocycles. The lowest BCUT2D eigenvalue weighted by atomic mass is 10.0. The molecule has 1 atom stereocenters. The Morgan fingerprint density at radius 2 is 0.800 bits per heavy atom. The highest BCUT2D eigenvalue weighted by atomic mass is 16.5. The van der Waals surface area contributed by atoms with E-state index in [0.717, 1.165) is 77.0 Å². The Balaban J connectivity index is 3.95. The van der Waals surface area contributed by atoms with Gasteiger partial charge in [0.1, 0.15) is 6.10 Å². The summed E-state index contributed by atoms with van der Waals surface area (Å²) in [5.74, 6) is -0.727. The molecule has 0 aromatic carbocycles. The highest BCUT2D eigenvalue weighted by Gasteiger charge is 2.14. The van der Waals surface area contributed by atoms with Crippen LogP contribution < -0.4 is 0 Å². The van der Waals surface area contributed by atoms with Gasteiger partial charge in [-0.2, -0.15) is 0 Å². The largest absolute Gasteiger partial charge is 0.481 e. The van der Waals surface area contributed by atoms with Crippen LogP contribution in [0.1, 0.15) is 239 Å². The van der Waals surface area contributed by atoms with Crippen molar-refractivity contribution in [1.82, 2.24) is 0 Å². The standard InChI is InChI=1S/C46H84O4/c1-3-5-7-9-11-13-15-16-17-18-19-20-21-22-23-24-26-28-30-35-39-43-46(49)50-44(41-37-33-31-34-38-42-45(47)48)40-36-32-29-27-25-14-12-10-8-6-4-2/h12,14,18-19,27,29,44H,3-11,13,15-17,20-26,28,30-43H2,1-2H3,(H,47,48)/b14-12-,19-18-,29-27-. The van der Waals surface area contributed by atoms with Crippen molar-refractivity contribution < 1.29 is 19.4 Å². The Morgan fingerprint density at radius 1 is 0.440 bits per heavy atom. The molecule has 1 N–H and O–H groups in total. The number of hydrogen-bond donors (Lipinski definition) is 1. The predicted octanol–water partition coefficient (Wildman–Crippen LogP) is 15.3. The zero-order valence-electron chi connectivity index (χ0n) is 33.5. The van der Waals surface area contributed by atoms with Gasteiger partial charge in [-0.3, -0.25) is 9.59 Å². The average Bonchev–Trinajstić information content (AvgIpc) is 3.10. The molecule has 0 aromatic heterocycles. The summed E-state index contributed by atoms with van der Waals surface area (Å²) in [6.07, 6.45) is 54.6. The average molecular weight is 701 g/mol. The Morgan fingerprint density at radius 3 is 1.32 bits per heavy atom. The van der Waals surface area contributed by atoms with Crippen LogP contribution in [0.4, 0.5) is 0 Å². The summed E-state index contributed by atoms with van der Waals surface area (Å²) in [6.45, 7) is 4.53. The van der Waals surface area contributed by atoms with E-state index in [2.05, 4.69) is 50.3 Å². The molecule has 0 heterocycles. The van der Waals surface area contributed by atoms with Crippen molar-refractivity contribution in [2.45, 2.75) is 245 Å².